The van der Waals surface area contributed by atoms with Crippen molar-refractivity contribution in [3.05, 3.63) is 28.8 Å². The Hall–Kier alpha value is -0.990. The molecular weight excluding hydrogens is 329 g/mol. The molecule has 0 saturated carbocycles. The Morgan fingerprint density at radius 1 is 1.29 bits per heavy atom. The molecule has 4 nitrogen and oxygen atoms in total. The van der Waals surface area contributed by atoms with Crippen LogP contribution in [-0.2, 0) is 16.2 Å². The van der Waals surface area contributed by atoms with Crippen LogP contribution in [0.5, 0.6) is 0 Å². The van der Waals surface area contributed by atoms with Crippen molar-refractivity contribution in [2.24, 2.45) is 0 Å². The van der Waals surface area contributed by atoms with Crippen LogP contribution in [0.3, 0.4) is 0 Å². The number of alkyl halides is 3. The lowest BCUT2D eigenvalue weighted by molar-refractivity contribution is -0.137. The first-order valence-electron chi connectivity index (χ1n) is 6.12. The fraction of sp³-hybridized carbons (Fsp3) is 0.500. The van der Waals surface area contributed by atoms with Gasteiger partial charge < -0.3 is 5.32 Å². The van der Waals surface area contributed by atoms with Crippen molar-refractivity contribution < 1.29 is 21.6 Å². The van der Waals surface area contributed by atoms with Gasteiger partial charge in [-0.25, -0.2) is 8.42 Å². The monoisotopic (exact) mass is 344 g/mol. The minimum atomic E-state index is -4.53. The average molecular weight is 345 g/mol. The predicted octanol–water partition coefficient (Wildman–Crippen LogP) is 3.10. The molecule has 0 unspecified atom stereocenters. The Bertz CT molecular complexity index is 589. The van der Waals surface area contributed by atoms with Crippen molar-refractivity contribution in [2.75, 3.05) is 17.0 Å². The predicted molar refractivity (Wildman–Crippen MR) is 77.0 cm³/mol. The third kappa shape index (κ3) is 6.11. The molecule has 21 heavy (non-hydrogen) atoms. The first kappa shape index (κ1) is 18.1. The van der Waals surface area contributed by atoms with Gasteiger partial charge in [0.15, 0.2) is 0 Å². The molecule has 120 valence electrons. The molecule has 0 heterocycles. The van der Waals surface area contributed by atoms with Gasteiger partial charge in [-0.3, -0.25) is 4.72 Å². The van der Waals surface area contributed by atoms with E-state index in [0.29, 0.717) is 6.07 Å². The van der Waals surface area contributed by atoms with Gasteiger partial charge in [0.05, 0.1) is 22.0 Å². The Morgan fingerprint density at radius 3 is 2.38 bits per heavy atom. The lowest BCUT2D eigenvalue weighted by Crippen LogP contribution is -2.31. The van der Waals surface area contributed by atoms with Gasteiger partial charge >= 0.3 is 6.18 Å². The molecule has 0 spiro atoms. The van der Waals surface area contributed by atoms with Crippen LogP contribution in [0.4, 0.5) is 18.9 Å². The van der Waals surface area contributed by atoms with Gasteiger partial charge in [-0.05, 0) is 18.2 Å². The van der Waals surface area contributed by atoms with Gasteiger partial charge in [0.1, 0.15) is 0 Å². The Labute approximate surface area is 126 Å². The highest BCUT2D eigenvalue weighted by molar-refractivity contribution is 7.92. The zero-order chi connectivity index (χ0) is 16.3. The van der Waals surface area contributed by atoms with Crippen LogP contribution >= 0.6 is 11.6 Å². The number of nitrogens with one attached hydrogen (secondary N) is 2. The van der Waals surface area contributed by atoms with Gasteiger partial charge in [-0.1, -0.05) is 25.4 Å². The minimum absolute atomic E-state index is 0.0748. The van der Waals surface area contributed by atoms with E-state index < -0.39 is 21.8 Å². The molecule has 0 saturated heterocycles. The molecule has 0 aliphatic rings. The van der Waals surface area contributed by atoms with Crippen molar-refractivity contribution in [3.8, 4) is 0 Å². The normalized spacial score (nSPS) is 12.7. The molecule has 0 aliphatic heterocycles. The number of halogens is 4. The van der Waals surface area contributed by atoms with E-state index in [9.17, 15) is 21.6 Å². The smallest absolute Gasteiger partial charge is 0.313 e. The fourth-order valence-electron chi connectivity index (χ4n) is 1.47. The summed E-state index contributed by atoms with van der Waals surface area (Å²) >= 11 is 5.68. The van der Waals surface area contributed by atoms with Crippen molar-refractivity contribution in [2.45, 2.75) is 26.1 Å². The van der Waals surface area contributed by atoms with Crippen LogP contribution < -0.4 is 10.0 Å². The van der Waals surface area contributed by atoms with E-state index in [1.54, 1.807) is 0 Å². The topological polar surface area (TPSA) is 58.2 Å². The quantitative estimate of drug-likeness (QED) is 0.833. The summed E-state index contributed by atoms with van der Waals surface area (Å²) in [6.45, 7) is 3.96. The zero-order valence-electron chi connectivity index (χ0n) is 11.5. The first-order chi connectivity index (χ1) is 9.51. The number of rotatable bonds is 6. The van der Waals surface area contributed by atoms with E-state index in [4.69, 9.17) is 11.6 Å². The number of sulfonamides is 1. The van der Waals surface area contributed by atoms with Gasteiger partial charge in [0.2, 0.25) is 10.0 Å². The minimum Gasteiger partial charge on any atom is -0.313 e. The molecule has 1 aromatic rings. The summed E-state index contributed by atoms with van der Waals surface area (Å²) < 4.78 is 63.2. The number of hydrogen-bond donors (Lipinski definition) is 2. The second-order valence-electron chi connectivity index (χ2n) is 4.72. The van der Waals surface area contributed by atoms with E-state index in [0.717, 1.165) is 12.1 Å². The molecule has 0 radical (unpaired) electrons. The van der Waals surface area contributed by atoms with E-state index in [2.05, 4.69) is 10.0 Å². The lowest BCUT2D eigenvalue weighted by atomic mass is 10.2. The molecule has 0 atom stereocenters. The number of benzene rings is 1. The molecule has 1 aromatic carbocycles. The van der Waals surface area contributed by atoms with Crippen LogP contribution in [-0.4, -0.2) is 26.8 Å². The molecular formula is C12H16ClF3N2O2S. The molecule has 9 heteroatoms. The fourth-order valence-corrected chi connectivity index (χ4v) is 2.76. The summed E-state index contributed by atoms with van der Waals surface area (Å²) in [5, 5.41) is 2.63. The highest BCUT2D eigenvalue weighted by Crippen LogP contribution is 2.33. The third-order valence-electron chi connectivity index (χ3n) is 2.49. The van der Waals surface area contributed by atoms with Crippen LogP contribution in [0.1, 0.15) is 19.4 Å². The molecule has 0 aromatic heterocycles. The highest BCUT2D eigenvalue weighted by Gasteiger charge is 2.31. The summed E-state index contributed by atoms with van der Waals surface area (Å²) in [7, 11) is -3.68. The first-order valence-corrected chi connectivity index (χ1v) is 8.15. The van der Waals surface area contributed by atoms with Gasteiger partial charge in [0.25, 0.3) is 0 Å². The van der Waals surface area contributed by atoms with Crippen molar-refractivity contribution in [3.63, 3.8) is 0 Å². The van der Waals surface area contributed by atoms with E-state index in [1.165, 1.54) is 0 Å². The van der Waals surface area contributed by atoms with Crippen molar-refractivity contribution >= 4 is 27.3 Å². The molecule has 0 amide bonds. The maximum Gasteiger partial charge on any atom is 0.416 e. The van der Waals surface area contributed by atoms with Crippen LogP contribution in [0.15, 0.2) is 18.2 Å². The van der Waals surface area contributed by atoms with Crippen LogP contribution in [0.25, 0.3) is 0 Å². The van der Waals surface area contributed by atoms with Gasteiger partial charge in [-0.2, -0.15) is 13.2 Å². The summed E-state index contributed by atoms with van der Waals surface area (Å²) in [6.07, 6.45) is -4.53. The van der Waals surface area contributed by atoms with Crippen LogP contribution in [0, 0.1) is 0 Å². The maximum atomic E-state index is 12.5. The summed E-state index contributed by atoms with van der Waals surface area (Å²) in [6, 6.07) is 2.59. The van der Waals surface area contributed by atoms with E-state index >= 15 is 0 Å². The van der Waals surface area contributed by atoms with E-state index in [-0.39, 0.29) is 29.0 Å². The second-order valence-corrected chi connectivity index (χ2v) is 6.97. The molecule has 0 bridgehead atoms. The van der Waals surface area contributed by atoms with Crippen LogP contribution in [0.2, 0.25) is 5.02 Å². The highest BCUT2D eigenvalue weighted by atomic mass is 35.5. The Balaban J connectivity index is 2.79. The molecule has 1 rings (SSSR count). The SMILES string of the molecule is CC(C)NCCS(=O)(=O)Nc1ccc(C(F)(F)F)cc1Cl. The zero-order valence-corrected chi connectivity index (χ0v) is 13.0. The summed E-state index contributed by atoms with van der Waals surface area (Å²) in [5.74, 6) is -0.206. The second kappa shape index (κ2) is 6.85. The third-order valence-corrected chi connectivity index (χ3v) is 4.07. The average Bonchev–Trinajstić information content (AvgIpc) is 2.29. The van der Waals surface area contributed by atoms with Gasteiger partial charge in [-0.15, -0.1) is 0 Å². The van der Waals surface area contributed by atoms with Gasteiger partial charge in [0, 0.05) is 12.6 Å². The lowest BCUT2D eigenvalue weighted by Gasteiger charge is -2.13. The Morgan fingerprint density at radius 2 is 1.90 bits per heavy atom. The maximum absolute atomic E-state index is 12.5. The standard InChI is InChI=1S/C12H16ClF3N2O2S/c1-8(2)17-5-6-21(19,20)18-11-4-3-9(7-10(11)13)12(14,15)16/h3-4,7-8,17-18H,5-6H2,1-2H3. The molecule has 2 N–H and O–H groups in total. The molecule has 0 aliphatic carbocycles. The van der Waals surface area contributed by atoms with Crippen molar-refractivity contribution in [1.82, 2.24) is 5.32 Å². The largest absolute Gasteiger partial charge is 0.416 e. The molecule has 0 fully saturated rings. The number of hydrogen-bond acceptors (Lipinski definition) is 3. The number of anilines is 1. The van der Waals surface area contributed by atoms with E-state index in [1.807, 2.05) is 13.8 Å². The van der Waals surface area contributed by atoms with Crippen molar-refractivity contribution in [1.29, 1.82) is 0 Å². The summed E-state index contributed by atoms with van der Waals surface area (Å²) in [4.78, 5) is 0. The summed E-state index contributed by atoms with van der Waals surface area (Å²) in [5.41, 5.74) is -1.01. The Kier molecular flexibility index (Phi) is 5.89.